The van der Waals surface area contributed by atoms with E-state index in [0.717, 1.165) is 25.8 Å². The molecule has 2 amide bonds. The van der Waals surface area contributed by atoms with E-state index >= 15 is 0 Å². The Morgan fingerprint density at radius 2 is 2.11 bits per heavy atom. The van der Waals surface area contributed by atoms with Gasteiger partial charge in [-0.3, -0.25) is 9.59 Å². The molecule has 0 radical (unpaired) electrons. The van der Waals surface area contributed by atoms with Crippen LogP contribution in [0.25, 0.3) is 0 Å². The van der Waals surface area contributed by atoms with Crippen LogP contribution in [0.2, 0.25) is 0 Å². The first-order valence-electron chi connectivity index (χ1n) is 6.70. The summed E-state index contributed by atoms with van der Waals surface area (Å²) in [5.41, 5.74) is 0. The van der Waals surface area contributed by atoms with E-state index in [1.807, 2.05) is 6.92 Å². The summed E-state index contributed by atoms with van der Waals surface area (Å²) >= 11 is 1.80. The number of hydrogen-bond acceptors (Lipinski definition) is 3. The highest BCUT2D eigenvalue weighted by Gasteiger charge is 2.45. The number of rotatable bonds is 4. The molecule has 0 aromatic carbocycles. The summed E-state index contributed by atoms with van der Waals surface area (Å²) in [6.07, 6.45) is 4.84. The van der Waals surface area contributed by atoms with Crippen LogP contribution in [0.15, 0.2) is 0 Å². The zero-order valence-electron chi connectivity index (χ0n) is 11.4. The highest BCUT2D eigenvalue weighted by molar-refractivity contribution is 7.99. The molecular formula is C13H22N2O2S. The van der Waals surface area contributed by atoms with Gasteiger partial charge >= 0.3 is 0 Å². The van der Waals surface area contributed by atoms with Gasteiger partial charge in [-0.2, -0.15) is 11.8 Å². The number of fused-ring (bicyclic) bond motifs is 1. The maximum Gasteiger partial charge on any atom is 0.246 e. The van der Waals surface area contributed by atoms with E-state index in [0.29, 0.717) is 11.8 Å². The lowest BCUT2D eigenvalue weighted by molar-refractivity contribution is -0.158. The Kier molecular flexibility index (Phi) is 4.20. The Bertz CT molecular complexity index is 348. The van der Waals surface area contributed by atoms with Crippen LogP contribution in [-0.4, -0.2) is 58.3 Å². The predicted molar refractivity (Wildman–Crippen MR) is 73.5 cm³/mol. The normalized spacial score (nSPS) is 29.7. The van der Waals surface area contributed by atoms with E-state index in [4.69, 9.17) is 0 Å². The number of thioether (sulfide) groups is 1. The molecule has 18 heavy (non-hydrogen) atoms. The fourth-order valence-electron chi connectivity index (χ4n) is 2.79. The molecule has 0 aliphatic carbocycles. The molecule has 2 fully saturated rings. The molecule has 102 valence electrons. The number of carbonyl (C=O) groups excluding carboxylic acids is 2. The number of piperazine rings is 1. The average Bonchev–Trinajstić information content (AvgIpc) is 2.85. The second kappa shape index (κ2) is 5.51. The topological polar surface area (TPSA) is 40.6 Å². The van der Waals surface area contributed by atoms with Crippen LogP contribution in [0, 0.1) is 0 Å². The van der Waals surface area contributed by atoms with Crippen molar-refractivity contribution in [3.8, 4) is 0 Å². The Morgan fingerprint density at radius 3 is 2.78 bits per heavy atom. The van der Waals surface area contributed by atoms with Crippen molar-refractivity contribution in [3.63, 3.8) is 0 Å². The Morgan fingerprint density at radius 1 is 1.39 bits per heavy atom. The van der Waals surface area contributed by atoms with Crippen LogP contribution in [0.3, 0.4) is 0 Å². The predicted octanol–water partition coefficient (Wildman–Crippen LogP) is 1.35. The minimum Gasteiger partial charge on any atom is -0.329 e. The minimum absolute atomic E-state index is 0.133. The maximum absolute atomic E-state index is 12.4. The van der Waals surface area contributed by atoms with Crippen molar-refractivity contribution in [2.75, 3.05) is 19.3 Å². The fourth-order valence-corrected chi connectivity index (χ4v) is 3.13. The summed E-state index contributed by atoms with van der Waals surface area (Å²) in [6, 6.07) is -0.445. The first-order valence-corrected chi connectivity index (χ1v) is 7.98. The lowest BCUT2D eigenvalue weighted by Gasteiger charge is -2.41. The van der Waals surface area contributed by atoms with Crippen molar-refractivity contribution in [2.24, 2.45) is 0 Å². The van der Waals surface area contributed by atoms with Gasteiger partial charge in [-0.15, -0.1) is 0 Å². The number of hydrogen-bond donors (Lipinski definition) is 0. The van der Waals surface area contributed by atoms with Crippen molar-refractivity contribution in [1.82, 2.24) is 9.80 Å². The highest BCUT2D eigenvalue weighted by atomic mass is 32.2. The van der Waals surface area contributed by atoms with Crippen molar-refractivity contribution in [3.05, 3.63) is 0 Å². The third kappa shape index (κ3) is 2.37. The van der Waals surface area contributed by atoms with Crippen LogP contribution < -0.4 is 0 Å². The zero-order valence-corrected chi connectivity index (χ0v) is 12.2. The molecule has 3 atom stereocenters. The summed E-state index contributed by atoms with van der Waals surface area (Å²) in [5, 5.41) is 0.529. The van der Waals surface area contributed by atoms with Gasteiger partial charge in [0, 0.05) is 18.3 Å². The number of amides is 2. The van der Waals surface area contributed by atoms with E-state index < -0.39 is 0 Å². The Hall–Kier alpha value is -0.710. The van der Waals surface area contributed by atoms with Gasteiger partial charge in [0.2, 0.25) is 11.8 Å². The first-order chi connectivity index (χ1) is 8.56. The van der Waals surface area contributed by atoms with E-state index in [2.05, 4.69) is 13.2 Å². The van der Waals surface area contributed by atoms with Gasteiger partial charge in [0.25, 0.3) is 0 Å². The molecule has 2 saturated heterocycles. The minimum atomic E-state index is -0.277. The standard InChI is InChI=1S/C13H22N2O2S/c1-9(18-3)6-8-14-10(2)12(16)15-7-4-5-11(15)13(14)17/h9-11H,4-8H2,1-3H3. The molecule has 3 unspecified atom stereocenters. The molecule has 2 heterocycles. The molecule has 2 aliphatic heterocycles. The van der Waals surface area contributed by atoms with Crippen molar-refractivity contribution in [2.45, 2.75) is 50.4 Å². The van der Waals surface area contributed by atoms with Gasteiger partial charge in [0.05, 0.1) is 0 Å². The van der Waals surface area contributed by atoms with Crippen LogP contribution >= 0.6 is 11.8 Å². The van der Waals surface area contributed by atoms with E-state index in [9.17, 15) is 9.59 Å². The van der Waals surface area contributed by atoms with Crippen LogP contribution in [0.1, 0.15) is 33.1 Å². The second-order valence-electron chi connectivity index (χ2n) is 5.23. The van der Waals surface area contributed by atoms with Gasteiger partial charge in [-0.1, -0.05) is 6.92 Å². The van der Waals surface area contributed by atoms with Gasteiger partial charge in [-0.05, 0) is 32.4 Å². The molecule has 2 aliphatic rings. The number of nitrogens with zero attached hydrogens (tertiary/aromatic N) is 2. The second-order valence-corrected chi connectivity index (χ2v) is 6.51. The molecule has 5 heteroatoms. The highest BCUT2D eigenvalue weighted by Crippen LogP contribution is 2.27. The molecule has 0 aromatic rings. The molecule has 0 aromatic heterocycles. The summed E-state index contributed by atoms with van der Waals surface area (Å²) in [5.74, 6) is 0.293. The lowest BCUT2D eigenvalue weighted by Crippen LogP contribution is -2.62. The van der Waals surface area contributed by atoms with Crippen molar-refractivity contribution >= 4 is 23.6 Å². The van der Waals surface area contributed by atoms with Gasteiger partial charge in [0.1, 0.15) is 12.1 Å². The molecule has 0 N–H and O–H groups in total. The fraction of sp³-hybridized carbons (Fsp3) is 0.846. The molecule has 0 saturated carbocycles. The smallest absolute Gasteiger partial charge is 0.246 e. The number of carbonyl (C=O) groups is 2. The molecule has 4 nitrogen and oxygen atoms in total. The summed E-state index contributed by atoms with van der Waals surface area (Å²) < 4.78 is 0. The Balaban J connectivity index is 2.05. The van der Waals surface area contributed by atoms with Crippen molar-refractivity contribution < 1.29 is 9.59 Å². The van der Waals surface area contributed by atoms with Crippen LogP contribution in [0.5, 0.6) is 0 Å². The molecular weight excluding hydrogens is 248 g/mol. The van der Waals surface area contributed by atoms with Crippen LogP contribution in [-0.2, 0) is 9.59 Å². The maximum atomic E-state index is 12.4. The first kappa shape index (κ1) is 13.7. The third-order valence-electron chi connectivity index (χ3n) is 4.11. The van der Waals surface area contributed by atoms with E-state index in [1.54, 1.807) is 21.6 Å². The zero-order chi connectivity index (χ0) is 13.3. The van der Waals surface area contributed by atoms with Gasteiger partial charge in [-0.25, -0.2) is 0 Å². The SMILES string of the molecule is CSC(C)CCN1C(=O)C2CCCN2C(=O)C1C. The van der Waals surface area contributed by atoms with Gasteiger partial charge < -0.3 is 9.80 Å². The monoisotopic (exact) mass is 270 g/mol. The van der Waals surface area contributed by atoms with Crippen LogP contribution in [0.4, 0.5) is 0 Å². The Labute approximate surface area is 113 Å². The molecule has 0 bridgehead atoms. The van der Waals surface area contributed by atoms with E-state index in [1.165, 1.54) is 0 Å². The van der Waals surface area contributed by atoms with Crippen molar-refractivity contribution in [1.29, 1.82) is 0 Å². The summed E-state index contributed by atoms with van der Waals surface area (Å²) in [7, 11) is 0. The molecule has 0 spiro atoms. The summed E-state index contributed by atoms with van der Waals surface area (Å²) in [4.78, 5) is 28.2. The molecule has 2 rings (SSSR count). The quantitative estimate of drug-likeness (QED) is 0.774. The largest absolute Gasteiger partial charge is 0.329 e. The third-order valence-corrected chi connectivity index (χ3v) is 5.15. The average molecular weight is 270 g/mol. The lowest BCUT2D eigenvalue weighted by atomic mass is 10.1. The van der Waals surface area contributed by atoms with E-state index in [-0.39, 0.29) is 23.9 Å². The summed E-state index contributed by atoms with van der Waals surface area (Å²) in [6.45, 7) is 5.48. The van der Waals surface area contributed by atoms with Gasteiger partial charge in [0.15, 0.2) is 0 Å².